The molecule has 0 saturated heterocycles. The first-order chi connectivity index (χ1) is 15.4. The van der Waals surface area contributed by atoms with Crippen molar-refractivity contribution in [3.05, 3.63) is 87.5 Å². The molecule has 0 aliphatic heterocycles. The van der Waals surface area contributed by atoms with Gasteiger partial charge in [-0.25, -0.2) is 10.4 Å². The molecule has 7 nitrogen and oxygen atoms in total. The Balaban J connectivity index is 1.68. The number of hydrogen-bond acceptors (Lipinski definition) is 6. The maximum absolute atomic E-state index is 14.1. The summed E-state index contributed by atoms with van der Waals surface area (Å²) >= 11 is 9.00. The number of halogens is 3. The van der Waals surface area contributed by atoms with E-state index in [0.717, 1.165) is 17.0 Å². The number of fused-ring (bicyclic) bond motifs is 1. The topological polar surface area (TPSA) is 96.7 Å². The number of carbonyl (C=O) groups is 1. The van der Waals surface area contributed by atoms with E-state index in [2.05, 4.69) is 36.4 Å². The van der Waals surface area contributed by atoms with Gasteiger partial charge in [0, 0.05) is 10.0 Å². The number of aromatic hydroxyl groups is 1. The lowest BCUT2D eigenvalue weighted by molar-refractivity contribution is 0.0952. The largest absolute Gasteiger partial charge is 0.507 e. The fourth-order valence-corrected chi connectivity index (χ4v) is 3.40. The summed E-state index contributed by atoms with van der Waals surface area (Å²) < 4.78 is 20.4. The van der Waals surface area contributed by atoms with Crippen LogP contribution in [0.5, 0.6) is 17.4 Å². The Bertz CT molecular complexity index is 1370. The van der Waals surface area contributed by atoms with Gasteiger partial charge in [0.05, 0.1) is 18.0 Å². The second-order valence-corrected chi connectivity index (χ2v) is 7.71. The van der Waals surface area contributed by atoms with Gasteiger partial charge in [0.1, 0.15) is 11.5 Å². The molecule has 2 N–H and O–H groups in total. The number of hydrazone groups is 1. The van der Waals surface area contributed by atoms with E-state index in [4.69, 9.17) is 16.3 Å². The first-order valence-corrected chi connectivity index (χ1v) is 10.3. The van der Waals surface area contributed by atoms with Crippen LogP contribution in [0.4, 0.5) is 4.39 Å². The highest BCUT2D eigenvalue weighted by Gasteiger charge is 2.14. The fourth-order valence-electron chi connectivity index (χ4n) is 2.91. The normalized spacial score (nSPS) is 11.1. The van der Waals surface area contributed by atoms with Crippen LogP contribution in [-0.4, -0.2) is 27.2 Å². The van der Waals surface area contributed by atoms with Crippen LogP contribution in [0.3, 0.4) is 0 Å². The lowest BCUT2D eigenvalue weighted by atomic mass is 10.0. The van der Waals surface area contributed by atoms with Crippen LogP contribution < -0.4 is 10.2 Å². The fraction of sp³-hybridized carbons (Fsp3) is 0. The molecule has 1 amide bonds. The van der Waals surface area contributed by atoms with Crippen molar-refractivity contribution in [1.82, 2.24) is 15.4 Å². The van der Waals surface area contributed by atoms with Crippen LogP contribution in [0.25, 0.3) is 10.8 Å². The van der Waals surface area contributed by atoms with Crippen LogP contribution in [0.1, 0.15) is 15.9 Å². The third-order valence-corrected chi connectivity index (χ3v) is 5.06. The zero-order chi connectivity index (χ0) is 22.7. The van der Waals surface area contributed by atoms with E-state index >= 15 is 0 Å². The number of amides is 1. The molecule has 1 aromatic heterocycles. The average molecular weight is 516 g/mol. The molecule has 1 heterocycles. The van der Waals surface area contributed by atoms with Gasteiger partial charge < -0.3 is 9.84 Å². The van der Waals surface area contributed by atoms with E-state index < -0.39 is 11.7 Å². The SMILES string of the molecule is O=C(N/N=C/c1c(Oc2nc(Cl)ncc2F)ccc2ccccc12)c1cc(Br)ccc1O. The van der Waals surface area contributed by atoms with E-state index in [1.807, 2.05) is 24.3 Å². The van der Waals surface area contributed by atoms with Gasteiger partial charge >= 0.3 is 0 Å². The Morgan fingerprint density at radius 2 is 2.03 bits per heavy atom. The number of aromatic nitrogens is 2. The summed E-state index contributed by atoms with van der Waals surface area (Å²) in [7, 11) is 0. The van der Waals surface area contributed by atoms with Crippen molar-refractivity contribution in [3.63, 3.8) is 0 Å². The smallest absolute Gasteiger partial charge is 0.275 e. The Morgan fingerprint density at radius 3 is 2.88 bits per heavy atom. The van der Waals surface area contributed by atoms with Crippen molar-refractivity contribution in [2.24, 2.45) is 5.10 Å². The predicted molar refractivity (Wildman–Crippen MR) is 122 cm³/mol. The van der Waals surface area contributed by atoms with Crippen molar-refractivity contribution in [1.29, 1.82) is 0 Å². The number of ether oxygens (including phenoxy) is 1. The minimum atomic E-state index is -0.788. The lowest BCUT2D eigenvalue weighted by Gasteiger charge is -2.11. The Labute approximate surface area is 194 Å². The molecule has 4 rings (SSSR count). The number of nitrogens with one attached hydrogen (secondary N) is 1. The molecule has 3 aromatic carbocycles. The van der Waals surface area contributed by atoms with E-state index in [1.54, 1.807) is 18.2 Å². The van der Waals surface area contributed by atoms with Gasteiger partial charge in [0.25, 0.3) is 11.8 Å². The zero-order valence-electron chi connectivity index (χ0n) is 16.1. The summed E-state index contributed by atoms with van der Waals surface area (Å²) in [6.07, 6.45) is 2.27. The number of hydrogen-bond donors (Lipinski definition) is 2. The number of carbonyl (C=O) groups excluding carboxylic acids is 1. The Kier molecular flexibility index (Phi) is 6.29. The molecular formula is C22H13BrClFN4O3. The molecule has 0 unspecified atom stereocenters. The summed E-state index contributed by atoms with van der Waals surface area (Å²) in [6.45, 7) is 0. The Morgan fingerprint density at radius 1 is 1.22 bits per heavy atom. The van der Waals surface area contributed by atoms with Gasteiger partial charge in [-0.1, -0.05) is 46.3 Å². The van der Waals surface area contributed by atoms with E-state index in [0.29, 0.717) is 10.0 Å². The lowest BCUT2D eigenvalue weighted by Crippen LogP contribution is -2.17. The van der Waals surface area contributed by atoms with Crippen LogP contribution in [-0.2, 0) is 0 Å². The first kappa shape index (κ1) is 21.7. The monoisotopic (exact) mass is 514 g/mol. The van der Waals surface area contributed by atoms with Crippen molar-refractivity contribution in [3.8, 4) is 17.4 Å². The molecular weight excluding hydrogens is 503 g/mol. The third kappa shape index (κ3) is 4.68. The highest BCUT2D eigenvalue weighted by atomic mass is 79.9. The van der Waals surface area contributed by atoms with Crippen molar-refractivity contribution in [2.75, 3.05) is 0 Å². The van der Waals surface area contributed by atoms with E-state index in [9.17, 15) is 14.3 Å². The van der Waals surface area contributed by atoms with Crippen molar-refractivity contribution in [2.45, 2.75) is 0 Å². The van der Waals surface area contributed by atoms with Crippen LogP contribution in [0.15, 0.2) is 70.4 Å². The molecule has 0 saturated carbocycles. The summed E-state index contributed by atoms with van der Waals surface area (Å²) in [6, 6.07) is 15.3. The molecule has 0 radical (unpaired) electrons. The van der Waals surface area contributed by atoms with Gasteiger partial charge in [0.2, 0.25) is 11.1 Å². The van der Waals surface area contributed by atoms with Crippen LogP contribution in [0.2, 0.25) is 5.28 Å². The average Bonchev–Trinajstić information content (AvgIpc) is 2.79. The molecule has 160 valence electrons. The van der Waals surface area contributed by atoms with Gasteiger partial charge in [-0.15, -0.1) is 0 Å². The second kappa shape index (κ2) is 9.29. The minimum Gasteiger partial charge on any atom is -0.507 e. The minimum absolute atomic E-state index is 0.0450. The van der Waals surface area contributed by atoms with Gasteiger partial charge in [-0.05, 0) is 46.6 Å². The molecule has 0 spiro atoms. The van der Waals surface area contributed by atoms with Crippen molar-refractivity contribution >= 4 is 50.4 Å². The maximum atomic E-state index is 14.1. The molecule has 0 fully saturated rings. The highest BCUT2D eigenvalue weighted by Crippen LogP contribution is 2.31. The molecule has 0 aliphatic rings. The molecule has 4 aromatic rings. The third-order valence-electron chi connectivity index (χ3n) is 4.38. The Hall–Kier alpha value is -3.56. The number of rotatable bonds is 5. The molecule has 0 bridgehead atoms. The molecule has 0 atom stereocenters. The summed E-state index contributed by atoms with van der Waals surface area (Å²) in [5.41, 5.74) is 2.88. The number of phenols is 1. The number of benzene rings is 3. The van der Waals surface area contributed by atoms with Crippen molar-refractivity contribution < 1.29 is 19.0 Å². The van der Waals surface area contributed by atoms with Crippen LogP contribution >= 0.6 is 27.5 Å². The zero-order valence-corrected chi connectivity index (χ0v) is 18.4. The quantitative estimate of drug-likeness (QED) is 0.209. The van der Waals surface area contributed by atoms with Gasteiger partial charge in [-0.2, -0.15) is 14.5 Å². The van der Waals surface area contributed by atoms with Crippen LogP contribution in [0, 0.1) is 5.82 Å². The van der Waals surface area contributed by atoms with Gasteiger partial charge in [0.15, 0.2) is 0 Å². The number of phenolic OH excluding ortho intramolecular Hbond substituents is 1. The summed E-state index contributed by atoms with van der Waals surface area (Å²) in [5.74, 6) is -1.70. The molecule has 10 heteroatoms. The van der Waals surface area contributed by atoms with Gasteiger partial charge in [-0.3, -0.25) is 4.79 Å². The highest BCUT2D eigenvalue weighted by molar-refractivity contribution is 9.10. The molecule has 32 heavy (non-hydrogen) atoms. The van der Waals surface area contributed by atoms with E-state index in [1.165, 1.54) is 18.3 Å². The second-order valence-electron chi connectivity index (χ2n) is 6.45. The number of nitrogens with zero attached hydrogens (tertiary/aromatic N) is 3. The first-order valence-electron chi connectivity index (χ1n) is 9.12. The summed E-state index contributed by atoms with van der Waals surface area (Å²) in [5, 5.41) is 15.4. The van der Waals surface area contributed by atoms with E-state index in [-0.39, 0.29) is 28.2 Å². The maximum Gasteiger partial charge on any atom is 0.275 e. The standard InChI is InChI=1S/C22H13BrClFN4O3/c23-13-6-7-18(30)15(9-13)20(31)29-27-10-16-14-4-2-1-3-12(14)5-8-19(16)32-21-17(25)11-26-22(24)28-21/h1-11,30H,(H,29,31)/b27-10+. The predicted octanol–water partition coefficient (Wildman–Crippen LogP) is 5.45. The molecule has 0 aliphatic carbocycles. The summed E-state index contributed by atoms with van der Waals surface area (Å²) in [4.78, 5) is 19.7.